The molecule has 1 aromatic carbocycles. The lowest BCUT2D eigenvalue weighted by Crippen LogP contribution is -2.47. The zero-order valence-electron chi connectivity index (χ0n) is 14.3. The van der Waals surface area contributed by atoms with Gasteiger partial charge in [0.1, 0.15) is 12.0 Å². The summed E-state index contributed by atoms with van der Waals surface area (Å²) in [5, 5.41) is 21.1. The van der Waals surface area contributed by atoms with Gasteiger partial charge in [-0.25, -0.2) is 14.8 Å². The Morgan fingerprint density at radius 2 is 1.85 bits per heavy atom. The fourth-order valence-electron chi connectivity index (χ4n) is 2.90. The summed E-state index contributed by atoms with van der Waals surface area (Å²) >= 11 is 0. The minimum Gasteiger partial charge on any atom is -0.478 e. The second-order valence-corrected chi connectivity index (χ2v) is 6.02. The van der Waals surface area contributed by atoms with E-state index in [-0.39, 0.29) is 12.2 Å². The molecule has 0 saturated carbocycles. The summed E-state index contributed by atoms with van der Waals surface area (Å²) in [4.78, 5) is 23.7. The number of carboxylic acids is 1. The molecular formula is C17H22N6O3. The second kappa shape index (κ2) is 7.98. The molecule has 0 radical (unpaired) electrons. The van der Waals surface area contributed by atoms with Gasteiger partial charge in [0.2, 0.25) is 0 Å². The summed E-state index contributed by atoms with van der Waals surface area (Å²) in [5.74, 6) is 0.185. The monoisotopic (exact) mass is 358 g/mol. The van der Waals surface area contributed by atoms with Crippen molar-refractivity contribution in [2.45, 2.75) is 0 Å². The zero-order chi connectivity index (χ0) is 18.5. The van der Waals surface area contributed by atoms with Crippen molar-refractivity contribution in [3.63, 3.8) is 0 Å². The number of nitrogens with two attached hydrogens (primary N) is 1. The largest absolute Gasteiger partial charge is 0.478 e. The first-order chi connectivity index (χ1) is 12.6. The van der Waals surface area contributed by atoms with Crippen molar-refractivity contribution in [1.82, 2.24) is 14.9 Å². The third-order valence-corrected chi connectivity index (χ3v) is 4.35. The first-order valence-electron chi connectivity index (χ1n) is 8.37. The molecular weight excluding hydrogens is 336 g/mol. The molecule has 1 aliphatic rings. The number of rotatable bonds is 6. The Morgan fingerprint density at radius 1 is 1.15 bits per heavy atom. The molecule has 1 fully saturated rings. The first kappa shape index (κ1) is 17.9. The van der Waals surface area contributed by atoms with E-state index in [0.29, 0.717) is 29.6 Å². The van der Waals surface area contributed by atoms with E-state index in [1.165, 1.54) is 18.5 Å². The van der Waals surface area contributed by atoms with Crippen molar-refractivity contribution in [2.24, 2.45) is 0 Å². The van der Waals surface area contributed by atoms with Crippen molar-refractivity contribution >= 4 is 29.0 Å². The molecule has 2 heterocycles. The first-order valence-corrected chi connectivity index (χ1v) is 8.37. The predicted octanol–water partition coefficient (Wildman–Crippen LogP) is 0.615. The Morgan fingerprint density at radius 3 is 2.46 bits per heavy atom. The van der Waals surface area contributed by atoms with Crippen molar-refractivity contribution in [3.05, 3.63) is 36.2 Å². The molecule has 0 bridgehead atoms. The van der Waals surface area contributed by atoms with Crippen LogP contribution in [-0.4, -0.2) is 70.4 Å². The van der Waals surface area contributed by atoms with Crippen LogP contribution in [0.15, 0.2) is 30.6 Å². The van der Waals surface area contributed by atoms with Crippen LogP contribution in [0.25, 0.3) is 0 Å². The molecule has 3 rings (SSSR count). The number of piperazine rings is 1. The fourth-order valence-corrected chi connectivity index (χ4v) is 2.90. The lowest BCUT2D eigenvalue weighted by Gasteiger charge is -2.35. The van der Waals surface area contributed by atoms with Crippen LogP contribution in [0.1, 0.15) is 10.4 Å². The minimum absolute atomic E-state index is 0.157. The van der Waals surface area contributed by atoms with E-state index < -0.39 is 5.97 Å². The van der Waals surface area contributed by atoms with Crippen LogP contribution in [0.5, 0.6) is 0 Å². The summed E-state index contributed by atoms with van der Waals surface area (Å²) in [6.45, 7) is 4.05. The number of aliphatic hydroxyl groups is 1. The zero-order valence-corrected chi connectivity index (χ0v) is 14.3. The predicted molar refractivity (Wildman–Crippen MR) is 98.9 cm³/mol. The number of nitrogens with one attached hydrogen (secondary N) is 1. The summed E-state index contributed by atoms with van der Waals surface area (Å²) < 4.78 is 0. The van der Waals surface area contributed by atoms with E-state index >= 15 is 0 Å². The number of anilines is 4. The summed E-state index contributed by atoms with van der Waals surface area (Å²) in [5.41, 5.74) is 7.62. The summed E-state index contributed by atoms with van der Waals surface area (Å²) in [6.07, 6.45) is 1.46. The Kier molecular flexibility index (Phi) is 5.49. The lowest BCUT2D eigenvalue weighted by atomic mass is 10.2. The topological polar surface area (TPSA) is 128 Å². The molecule has 2 aromatic rings. The number of aromatic carboxylic acids is 1. The van der Waals surface area contributed by atoms with Crippen LogP contribution in [0.4, 0.5) is 23.0 Å². The van der Waals surface area contributed by atoms with Gasteiger partial charge in [-0.15, -0.1) is 0 Å². The molecule has 138 valence electrons. The standard InChI is InChI=1S/C17H22N6O3/c18-14-15(21-13-3-1-12(2-4-13)17(25)26)19-11-20-16(14)23-7-5-22(6-8-23)9-10-24/h1-4,11,24H,5-10,18H2,(H,25,26)(H,19,20,21). The maximum atomic E-state index is 10.9. The smallest absolute Gasteiger partial charge is 0.335 e. The summed E-state index contributed by atoms with van der Waals surface area (Å²) in [6, 6.07) is 6.36. The molecule has 1 aliphatic heterocycles. The number of benzene rings is 1. The molecule has 9 heteroatoms. The number of β-amino-alcohol motifs (C(OH)–C–C–N with tert-alkyl or cyclic N) is 1. The van der Waals surface area contributed by atoms with Crippen LogP contribution >= 0.6 is 0 Å². The number of nitrogen functional groups attached to an aromatic ring is 1. The molecule has 0 unspecified atom stereocenters. The molecule has 5 N–H and O–H groups in total. The van der Waals surface area contributed by atoms with Crippen LogP contribution in [-0.2, 0) is 0 Å². The molecule has 0 spiro atoms. The number of nitrogens with zero attached hydrogens (tertiary/aromatic N) is 4. The van der Waals surface area contributed by atoms with Gasteiger partial charge in [0.05, 0.1) is 12.2 Å². The third-order valence-electron chi connectivity index (χ3n) is 4.35. The van der Waals surface area contributed by atoms with Crippen molar-refractivity contribution in [3.8, 4) is 0 Å². The average molecular weight is 358 g/mol. The molecule has 0 amide bonds. The van der Waals surface area contributed by atoms with Gasteiger partial charge in [-0.2, -0.15) is 0 Å². The van der Waals surface area contributed by atoms with E-state index in [0.717, 1.165) is 26.2 Å². The Hall–Kier alpha value is -2.91. The number of carbonyl (C=O) groups is 1. The number of hydrogen-bond donors (Lipinski definition) is 4. The van der Waals surface area contributed by atoms with Crippen molar-refractivity contribution < 1.29 is 15.0 Å². The fraction of sp³-hybridized carbons (Fsp3) is 0.353. The van der Waals surface area contributed by atoms with Crippen LogP contribution in [0, 0.1) is 0 Å². The van der Waals surface area contributed by atoms with Gasteiger partial charge in [0.25, 0.3) is 0 Å². The van der Waals surface area contributed by atoms with Crippen molar-refractivity contribution in [2.75, 3.05) is 55.3 Å². The Labute approximate surface area is 151 Å². The van der Waals surface area contributed by atoms with E-state index in [1.807, 2.05) is 0 Å². The van der Waals surface area contributed by atoms with E-state index in [4.69, 9.17) is 15.9 Å². The third kappa shape index (κ3) is 4.01. The van der Waals surface area contributed by atoms with Crippen LogP contribution in [0.3, 0.4) is 0 Å². The maximum Gasteiger partial charge on any atom is 0.335 e. The van der Waals surface area contributed by atoms with Gasteiger partial charge < -0.3 is 26.2 Å². The van der Waals surface area contributed by atoms with Crippen LogP contribution < -0.4 is 16.0 Å². The van der Waals surface area contributed by atoms with Crippen molar-refractivity contribution in [1.29, 1.82) is 0 Å². The highest BCUT2D eigenvalue weighted by Crippen LogP contribution is 2.29. The Bertz CT molecular complexity index is 760. The highest BCUT2D eigenvalue weighted by molar-refractivity contribution is 5.88. The van der Waals surface area contributed by atoms with E-state index in [1.54, 1.807) is 12.1 Å². The highest BCUT2D eigenvalue weighted by Gasteiger charge is 2.21. The SMILES string of the molecule is Nc1c(Nc2ccc(C(=O)O)cc2)ncnc1N1CCN(CCO)CC1. The maximum absolute atomic E-state index is 10.9. The molecule has 9 nitrogen and oxygen atoms in total. The van der Waals surface area contributed by atoms with E-state index in [9.17, 15) is 4.79 Å². The van der Waals surface area contributed by atoms with Gasteiger partial charge in [-0.3, -0.25) is 4.90 Å². The molecule has 1 saturated heterocycles. The van der Waals surface area contributed by atoms with Gasteiger partial charge in [-0.1, -0.05) is 0 Å². The average Bonchev–Trinajstić information content (AvgIpc) is 2.65. The van der Waals surface area contributed by atoms with E-state index in [2.05, 4.69) is 25.1 Å². The quantitative estimate of drug-likeness (QED) is 0.587. The normalized spacial score (nSPS) is 15.0. The lowest BCUT2D eigenvalue weighted by molar-refractivity contribution is 0.0697. The van der Waals surface area contributed by atoms with Gasteiger partial charge in [-0.05, 0) is 24.3 Å². The Balaban J connectivity index is 1.72. The van der Waals surface area contributed by atoms with Gasteiger partial charge in [0.15, 0.2) is 11.6 Å². The molecule has 0 aliphatic carbocycles. The number of carboxylic acid groups (broad SMARTS) is 1. The molecule has 26 heavy (non-hydrogen) atoms. The number of hydrogen-bond acceptors (Lipinski definition) is 8. The number of aromatic nitrogens is 2. The van der Waals surface area contributed by atoms with Gasteiger partial charge >= 0.3 is 5.97 Å². The van der Waals surface area contributed by atoms with Gasteiger partial charge in [0, 0.05) is 38.4 Å². The highest BCUT2D eigenvalue weighted by atomic mass is 16.4. The minimum atomic E-state index is -0.972. The number of aliphatic hydroxyl groups excluding tert-OH is 1. The molecule has 0 atom stereocenters. The second-order valence-electron chi connectivity index (χ2n) is 6.02. The van der Waals surface area contributed by atoms with Crippen LogP contribution in [0.2, 0.25) is 0 Å². The summed E-state index contributed by atoms with van der Waals surface area (Å²) in [7, 11) is 0. The molecule has 1 aromatic heterocycles.